The van der Waals surface area contributed by atoms with Crippen LogP contribution in [0.4, 0.5) is 0 Å². The smallest absolute Gasteiger partial charge is 0.250 e. The molecule has 3 fully saturated rings. The lowest BCUT2D eigenvalue weighted by Crippen LogP contribution is -2.52. The number of nitrogens with one attached hydrogen (secondary N) is 1. The topological polar surface area (TPSA) is 73.2 Å². The zero-order chi connectivity index (χ0) is 25.4. The molecule has 0 radical (unpaired) electrons. The van der Waals surface area contributed by atoms with Crippen LogP contribution in [0.2, 0.25) is 0 Å². The van der Waals surface area contributed by atoms with E-state index in [4.69, 9.17) is 4.74 Å². The van der Waals surface area contributed by atoms with E-state index in [-0.39, 0.29) is 5.41 Å². The van der Waals surface area contributed by atoms with Gasteiger partial charge in [-0.1, -0.05) is 26.3 Å². The first-order valence-electron chi connectivity index (χ1n) is 14.4. The van der Waals surface area contributed by atoms with Crippen molar-refractivity contribution in [3.05, 3.63) is 28.6 Å². The Morgan fingerprint density at radius 1 is 1.17 bits per heavy atom. The number of allylic oxidation sites excluding steroid dienone is 1. The van der Waals surface area contributed by atoms with Crippen molar-refractivity contribution in [2.75, 3.05) is 19.4 Å². The van der Waals surface area contributed by atoms with Crippen LogP contribution in [0.25, 0.3) is 0 Å². The lowest BCUT2D eigenvalue weighted by molar-refractivity contribution is -0.0156. The Bertz CT molecular complexity index is 1160. The number of nitrogens with zero attached hydrogens (tertiary/aromatic N) is 2. The first kappa shape index (κ1) is 25.1. The van der Waals surface area contributed by atoms with Gasteiger partial charge in [-0.3, -0.25) is 0 Å². The Kier molecular flexibility index (Phi) is 6.24. The fourth-order valence-electron chi connectivity index (χ4n) is 9.05. The minimum Gasteiger partial charge on any atom is -0.372 e. The van der Waals surface area contributed by atoms with Crippen molar-refractivity contribution in [1.29, 1.82) is 0 Å². The molecule has 200 valence electrons. The van der Waals surface area contributed by atoms with E-state index in [9.17, 15) is 8.42 Å². The third kappa shape index (κ3) is 4.12. The summed E-state index contributed by atoms with van der Waals surface area (Å²) in [6.07, 6.45) is 12.7. The van der Waals surface area contributed by atoms with E-state index in [1.54, 1.807) is 11.8 Å². The van der Waals surface area contributed by atoms with Gasteiger partial charge in [0, 0.05) is 12.2 Å². The van der Waals surface area contributed by atoms with E-state index in [2.05, 4.69) is 38.1 Å². The Balaban J connectivity index is 1.30. The van der Waals surface area contributed by atoms with Gasteiger partial charge in [0.05, 0.1) is 24.7 Å². The average molecular weight is 516 g/mol. The van der Waals surface area contributed by atoms with Crippen LogP contribution in [-0.4, -0.2) is 49.2 Å². The highest BCUT2D eigenvalue weighted by Gasteiger charge is 2.56. The molecule has 0 amide bonds. The van der Waals surface area contributed by atoms with Crippen molar-refractivity contribution in [3.8, 4) is 0 Å². The van der Waals surface area contributed by atoms with E-state index in [0.717, 1.165) is 43.2 Å². The third-order valence-corrected chi connectivity index (χ3v) is 12.0. The minimum absolute atomic E-state index is 0.208. The van der Waals surface area contributed by atoms with Crippen LogP contribution in [0, 0.1) is 40.9 Å². The van der Waals surface area contributed by atoms with Crippen molar-refractivity contribution in [2.45, 2.75) is 91.2 Å². The molecule has 1 saturated heterocycles. The molecule has 6 nitrogen and oxygen atoms in total. The van der Waals surface area contributed by atoms with Crippen LogP contribution in [0.3, 0.4) is 0 Å². The number of piperidine rings is 1. The van der Waals surface area contributed by atoms with Crippen LogP contribution in [-0.2, 0) is 27.6 Å². The summed E-state index contributed by atoms with van der Waals surface area (Å²) in [5, 5.41) is 8.35. The predicted molar refractivity (Wildman–Crippen MR) is 142 cm³/mol. The predicted octanol–water partition coefficient (Wildman–Crippen LogP) is 4.59. The Morgan fingerprint density at radius 3 is 2.75 bits per heavy atom. The third-order valence-electron chi connectivity index (χ3n) is 11.1. The summed E-state index contributed by atoms with van der Waals surface area (Å²) in [6, 6.07) is 0.476. The second-order valence-corrected chi connectivity index (χ2v) is 15.3. The molecule has 2 aliphatic heterocycles. The maximum absolute atomic E-state index is 12.2. The molecular weight excluding hydrogens is 470 g/mol. The molecule has 7 heteroatoms. The van der Waals surface area contributed by atoms with Crippen LogP contribution < -0.4 is 5.32 Å². The zero-order valence-electron chi connectivity index (χ0n) is 22.8. The second kappa shape index (κ2) is 8.94. The summed E-state index contributed by atoms with van der Waals surface area (Å²) in [4.78, 5) is 0. The van der Waals surface area contributed by atoms with Crippen molar-refractivity contribution in [2.24, 2.45) is 40.9 Å². The zero-order valence-corrected chi connectivity index (χ0v) is 23.6. The van der Waals surface area contributed by atoms with Gasteiger partial charge in [0.15, 0.2) is 0 Å². The summed E-state index contributed by atoms with van der Waals surface area (Å²) < 4.78 is 32.2. The van der Waals surface area contributed by atoms with E-state index in [1.807, 2.05) is 0 Å². The van der Waals surface area contributed by atoms with Gasteiger partial charge in [-0.25, -0.2) is 8.42 Å². The van der Waals surface area contributed by atoms with Gasteiger partial charge >= 0.3 is 0 Å². The molecule has 36 heavy (non-hydrogen) atoms. The normalized spacial score (nSPS) is 45.1. The average Bonchev–Trinajstić information content (AvgIpc) is 3.40. The molecule has 5 aliphatic rings. The van der Waals surface area contributed by atoms with Gasteiger partial charge in [-0.05, 0) is 117 Å². The van der Waals surface area contributed by atoms with E-state index in [1.165, 1.54) is 54.4 Å². The van der Waals surface area contributed by atoms with E-state index < -0.39 is 10.0 Å². The molecule has 1 aromatic heterocycles. The highest BCUT2D eigenvalue weighted by Crippen LogP contribution is 2.63. The fraction of sp³-hybridized carbons (Fsp3) is 0.828. The van der Waals surface area contributed by atoms with Gasteiger partial charge in [0.25, 0.3) is 10.0 Å². The molecule has 9 atom stereocenters. The van der Waals surface area contributed by atoms with Gasteiger partial charge in [-0.15, -0.1) is 0 Å². The maximum Gasteiger partial charge on any atom is 0.250 e. The highest BCUT2D eigenvalue weighted by molar-refractivity contribution is 7.89. The summed E-state index contributed by atoms with van der Waals surface area (Å²) >= 11 is 0. The molecule has 3 aliphatic carbocycles. The number of hydrogen-bond donors (Lipinski definition) is 1. The highest BCUT2D eigenvalue weighted by atomic mass is 32.2. The summed E-state index contributed by atoms with van der Waals surface area (Å²) in [5.74, 6) is 3.98. The Labute approximate surface area is 217 Å². The van der Waals surface area contributed by atoms with Crippen LogP contribution in [0.1, 0.15) is 77.5 Å². The van der Waals surface area contributed by atoms with Crippen LogP contribution >= 0.6 is 0 Å². The molecule has 0 spiro atoms. The fourth-order valence-corrected chi connectivity index (χ4v) is 9.62. The van der Waals surface area contributed by atoms with Gasteiger partial charge < -0.3 is 10.1 Å². The first-order chi connectivity index (χ1) is 17.0. The van der Waals surface area contributed by atoms with Crippen molar-refractivity contribution in [3.63, 3.8) is 0 Å². The summed E-state index contributed by atoms with van der Waals surface area (Å²) in [7, 11) is -3.35. The standard InChI is InChI=1S/C29H45N3O3S/c1-17-10-27-28(30-14-17)18(2)6-8-22-23-9-7-21-11-26-20(15-32(31-26)36(5,33)34)13-29(21,4)25(23)12-24(22)19(3)16-35-27/h15,17-18,21-23,25,27-28,30H,6-14,16H2,1-5H3/b24-19-/t17-,18-,21+,22-,23-,25-,27+,28-,29-/m0/s1. The molecule has 1 N–H and O–H groups in total. The maximum atomic E-state index is 12.2. The first-order valence-corrected chi connectivity index (χ1v) is 16.2. The molecule has 2 saturated carbocycles. The molecular formula is C29H45N3O3S. The lowest BCUT2D eigenvalue weighted by Gasteiger charge is -2.52. The second-order valence-electron chi connectivity index (χ2n) is 13.5. The quantitative estimate of drug-likeness (QED) is 0.554. The molecule has 1 aromatic rings. The Morgan fingerprint density at radius 2 is 1.97 bits per heavy atom. The molecule has 3 heterocycles. The van der Waals surface area contributed by atoms with Crippen molar-refractivity contribution >= 4 is 10.0 Å². The molecule has 0 aromatic carbocycles. The lowest BCUT2D eigenvalue weighted by atomic mass is 9.52. The van der Waals surface area contributed by atoms with Gasteiger partial charge in [-0.2, -0.15) is 9.19 Å². The SMILES string of the molecule is C/C1=C2\C[C@H]3[C@@H](CC[C@@H]4Cc5nn(S(C)(=O)=O)cc5C[C@@]43C)[C@@H]2CC[C@H](C)[C@@H]2NC[C@@H](C)C[C@H]2OC1. The van der Waals surface area contributed by atoms with Gasteiger partial charge in [0.1, 0.15) is 0 Å². The Hall–Kier alpha value is -1.18. The number of aromatic nitrogens is 2. The minimum atomic E-state index is -3.35. The number of ether oxygens (including phenoxy) is 1. The van der Waals surface area contributed by atoms with Crippen LogP contribution in [0.5, 0.6) is 0 Å². The molecule has 0 unspecified atom stereocenters. The van der Waals surface area contributed by atoms with Crippen molar-refractivity contribution in [1.82, 2.24) is 14.5 Å². The van der Waals surface area contributed by atoms with E-state index >= 15 is 0 Å². The molecule has 6 rings (SSSR count). The van der Waals surface area contributed by atoms with Gasteiger partial charge in [0.2, 0.25) is 0 Å². The van der Waals surface area contributed by atoms with E-state index in [0.29, 0.717) is 41.7 Å². The van der Waals surface area contributed by atoms with Crippen molar-refractivity contribution < 1.29 is 13.2 Å². The summed E-state index contributed by atoms with van der Waals surface area (Å²) in [6.45, 7) is 11.5. The number of fused-ring (bicyclic) bond motifs is 7. The largest absolute Gasteiger partial charge is 0.372 e. The number of hydrogen-bond acceptors (Lipinski definition) is 5. The number of rotatable bonds is 1. The monoisotopic (exact) mass is 515 g/mol. The van der Waals surface area contributed by atoms with Crippen LogP contribution in [0.15, 0.2) is 17.3 Å². The summed E-state index contributed by atoms with van der Waals surface area (Å²) in [5.41, 5.74) is 5.57. The molecule has 0 bridgehead atoms.